The van der Waals surface area contributed by atoms with Crippen molar-refractivity contribution in [3.8, 4) is 0 Å². The zero-order chi connectivity index (χ0) is 16.8. The van der Waals surface area contributed by atoms with Crippen molar-refractivity contribution in [3.05, 3.63) is 58.9 Å². The third-order valence-corrected chi connectivity index (χ3v) is 4.41. The smallest absolute Gasteiger partial charge is 0.416 e. The molecule has 2 aromatic carbocycles. The summed E-state index contributed by atoms with van der Waals surface area (Å²) in [6, 6.07) is 14.5. The Bertz CT molecular complexity index is 1170. The number of hydrogen-bond donors (Lipinski definition) is 1. The van der Waals surface area contributed by atoms with Gasteiger partial charge in [-0.3, -0.25) is 4.79 Å². The highest BCUT2D eigenvalue weighted by Gasteiger charge is 2.21. The standard InChI is InChI=1S/C19H16N2O3/c1-2-11-20-16-14-9-5-6-10-15(14)21(19(23)24)17(16)12-7-3-4-8-13(12)18(20)22/h3-10H,2,11H2,1H3,(H,23,24). The van der Waals surface area contributed by atoms with Crippen LogP contribution in [0.25, 0.3) is 32.7 Å². The van der Waals surface area contributed by atoms with Crippen LogP contribution in [0.3, 0.4) is 0 Å². The van der Waals surface area contributed by atoms with E-state index in [-0.39, 0.29) is 5.56 Å². The lowest BCUT2D eigenvalue weighted by Gasteiger charge is -2.10. The Hall–Kier alpha value is -3.08. The number of aromatic nitrogens is 2. The Kier molecular flexibility index (Phi) is 3.16. The molecule has 0 bridgehead atoms. The van der Waals surface area contributed by atoms with Gasteiger partial charge in [-0.05, 0) is 18.6 Å². The average molecular weight is 320 g/mol. The third kappa shape index (κ3) is 1.81. The molecule has 0 saturated carbocycles. The van der Waals surface area contributed by atoms with Crippen molar-refractivity contribution in [2.75, 3.05) is 0 Å². The van der Waals surface area contributed by atoms with E-state index in [4.69, 9.17) is 0 Å². The number of para-hydroxylation sites is 1. The highest BCUT2D eigenvalue weighted by molar-refractivity contribution is 6.19. The summed E-state index contributed by atoms with van der Waals surface area (Å²) in [6.07, 6.45) is -0.257. The molecule has 0 amide bonds. The molecule has 0 aliphatic heterocycles. The van der Waals surface area contributed by atoms with E-state index in [0.717, 1.165) is 11.8 Å². The summed E-state index contributed by atoms with van der Waals surface area (Å²) in [4.78, 5) is 24.9. The Labute approximate surface area is 137 Å². The van der Waals surface area contributed by atoms with Crippen molar-refractivity contribution in [2.45, 2.75) is 19.9 Å². The van der Waals surface area contributed by atoms with Gasteiger partial charge in [0.25, 0.3) is 5.56 Å². The van der Waals surface area contributed by atoms with Crippen LogP contribution >= 0.6 is 0 Å². The Balaban J connectivity index is 2.43. The lowest BCUT2D eigenvalue weighted by atomic mass is 10.1. The number of rotatable bonds is 2. The highest BCUT2D eigenvalue weighted by atomic mass is 16.4. The maximum absolute atomic E-state index is 13.0. The molecule has 0 saturated heterocycles. The number of fused-ring (bicyclic) bond motifs is 5. The van der Waals surface area contributed by atoms with E-state index in [0.29, 0.717) is 33.9 Å². The molecule has 4 rings (SSSR count). The number of carbonyl (C=O) groups is 1. The van der Waals surface area contributed by atoms with E-state index in [2.05, 4.69) is 0 Å². The predicted octanol–water partition coefficient (Wildman–Crippen LogP) is 4.05. The minimum absolute atomic E-state index is 0.0757. The first-order valence-corrected chi connectivity index (χ1v) is 7.93. The Morgan fingerprint density at radius 2 is 1.58 bits per heavy atom. The molecular weight excluding hydrogens is 304 g/mol. The molecule has 0 aliphatic rings. The van der Waals surface area contributed by atoms with Gasteiger partial charge < -0.3 is 9.67 Å². The van der Waals surface area contributed by atoms with Gasteiger partial charge in [-0.1, -0.05) is 43.3 Å². The maximum Gasteiger partial charge on any atom is 0.416 e. The monoisotopic (exact) mass is 320 g/mol. The van der Waals surface area contributed by atoms with Gasteiger partial charge in [0.1, 0.15) is 0 Å². The first-order chi connectivity index (χ1) is 11.6. The van der Waals surface area contributed by atoms with E-state index in [1.165, 1.54) is 4.57 Å². The van der Waals surface area contributed by atoms with Crippen LogP contribution in [0.1, 0.15) is 13.3 Å². The van der Waals surface area contributed by atoms with Crippen LogP contribution in [-0.2, 0) is 6.54 Å². The fraction of sp³-hybridized carbons (Fsp3) is 0.158. The SMILES string of the molecule is CCCn1c(=O)c2ccccc2c2c1c1ccccc1n2C(=O)O. The summed E-state index contributed by atoms with van der Waals surface area (Å²) in [5.74, 6) is 0. The van der Waals surface area contributed by atoms with Crippen molar-refractivity contribution < 1.29 is 9.90 Å². The normalized spacial score (nSPS) is 11.5. The van der Waals surface area contributed by atoms with Crippen LogP contribution in [0, 0.1) is 0 Å². The van der Waals surface area contributed by atoms with Crippen molar-refractivity contribution in [1.82, 2.24) is 9.13 Å². The largest absolute Gasteiger partial charge is 0.464 e. The summed E-state index contributed by atoms with van der Waals surface area (Å²) < 4.78 is 3.00. The highest BCUT2D eigenvalue weighted by Crippen LogP contribution is 2.32. The maximum atomic E-state index is 13.0. The van der Waals surface area contributed by atoms with Gasteiger partial charge in [0.15, 0.2) is 0 Å². The molecular formula is C19H16N2O3. The summed E-state index contributed by atoms with van der Waals surface area (Å²) in [5, 5.41) is 11.8. The van der Waals surface area contributed by atoms with Crippen molar-refractivity contribution >= 4 is 38.8 Å². The second-order valence-corrected chi connectivity index (χ2v) is 5.83. The quantitative estimate of drug-likeness (QED) is 0.606. The Morgan fingerprint density at radius 3 is 2.25 bits per heavy atom. The van der Waals surface area contributed by atoms with Gasteiger partial charge >= 0.3 is 6.09 Å². The molecule has 0 spiro atoms. The van der Waals surface area contributed by atoms with Gasteiger partial charge in [0.05, 0.1) is 16.6 Å². The van der Waals surface area contributed by atoms with E-state index >= 15 is 0 Å². The van der Waals surface area contributed by atoms with E-state index in [9.17, 15) is 14.7 Å². The van der Waals surface area contributed by atoms with Crippen LogP contribution in [0.15, 0.2) is 53.3 Å². The predicted molar refractivity (Wildman–Crippen MR) is 94.9 cm³/mol. The van der Waals surface area contributed by atoms with Gasteiger partial charge in [-0.2, -0.15) is 0 Å². The number of hydrogen-bond acceptors (Lipinski definition) is 2. The number of carboxylic acid groups (broad SMARTS) is 1. The minimum Gasteiger partial charge on any atom is -0.464 e. The summed E-state index contributed by atoms with van der Waals surface area (Å²) in [6.45, 7) is 2.55. The number of pyridine rings is 1. The van der Waals surface area contributed by atoms with Gasteiger partial charge in [-0.25, -0.2) is 9.36 Å². The zero-order valence-corrected chi connectivity index (χ0v) is 13.2. The van der Waals surface area contributed by atoms with Crippen LogP contribution in [0.4, 0.5) is 4.79 Å². The van der Waals surface area contributed by atoms with Gasteiger partial charge in [0.2, 0.25) is 0 Å². The fourth-order valence-electron chi connectivity index (χ4n) is 3.50. The molecule has 4 aromatic rings. The van der Waals surface area contributed by atoms with Crippen molar-refractivity contribution in [3.63, 3.8) is 0 Å². The van der Waals surface area contributed by atoms with Crippen LogP contribution in [0.5, 0.6) is 0 Å². The van der Waals surface area contributed by atoms with Crippen molar-refractivity contribution in [2.24, 2.45) is 0 Å². The Morgan fingerprint density at radius 1 is 0.958 bits per heavy atom. The molecule has 2 aromatic heterocycles. The molecule has 5 heteroatoms. The topological polar surface area (TPSA) is 64.2 Å². The minimum atomic E-state index is -1.05. The number of aryl methyl sites for hydroxylation is 1. The first-order valence-electron chi connectivity index (χ1n) is 7.93. The van der Waals surface area contributed by atoms with E-state index in [1.807, 2.05) is 37.3 Å². The second kappa shape index (κ2) is 5.23. The summed E-state index contributed by atoms with van der Waals surface area (Å²) in [7, 11) is 0. The van der Waals surface area contributed by atoms with Crippen molar-refractivity contribution in [1.29, 1.82) is 0 Å². The molecule has 0 fully saturated rings. The molecule has 1 N–H and O–H groups in total. The lowest BCUT2D eigenvalue weighted by molar-refractivity contribution is 0.198. The summed E-state index contributed by atoms with van der Waals surface area (Å²) >= 11 is 0. The number of benzene rings is 2. The molecule has 0 radical (unpaired) electrons. The second-order valence-electron chi connectivity index (χ2n) is 5.83. The molecule has 0 atom stereocenters. The van der Waals surface area contributed by atoms with Crippen LogP contribution in [0.2, 0.25) is 0 Å². The van der Waals surface area contributed by atoms with Gasteiger partial charge in [-0.15, -0.1) is 0 Å². The van der Waals surface area contributed by atoms with Crippen LogP contribution < -0.4 is 5.56 Å². The molecule has 0 aliphatic carbocycles. The molecule has 120 valence electrons. The zero-order valence-electron chi connectivity index (χ0n) is 13.2. The van der Waals surface area contributed by atoms with Crippen LogP contribution in [-0.4, -0.2) is 20.3 Å². The first kappa shape index (κ1) is 14.5. The van der Waals surface area contributed by atoms with E-state index in [1.54, 1.807) is 22.8 Å². The lowest BCUT2D eigenvalue weighted by Crippen LogP contribution is -2.21. The van der Waals surface area contributed by atoms with Gasteiger partial charge in [0, 0.05) is 22.7 Å². The molecule has 0 unspecified atom stereocenters. The molecule has 24 heavy (non-hydrogen) atoms. The summed E-state index contributed by atoms with van der Waals surface area (Å²) in [5.41, 5.74) is 1.79. The average Bonchev–Trinajstić information content (AvgIpc) is 2.94. The molecule has 2 heterocycles. The molecule has 5 nitrogen and oxygen atoms in total. The van der Waals surface area contributed by atoms with E-state index < -0.39 is 6.09 Å². The number of nitrogens with zero attached hydrogens (tertiary/aromatic N) is 2. The third-order valence-electron chi connectivity index (χ3n) is 4.41. The fourth-order valence-corrected chi connectivity index (χ4v) is 3.50.